The topological polar surface area (TPSA) is 99.5 Å². The third-order valence-electron chi connectivity index (χ3n) is 5.31. The number of nitriles is 1. The maximum atomic E-state index is 13.6. The van der Waals surface area contributed by atoms with Crippen LogP contribution in [0.3, 0.4) is 0 Å². The number of aromatic nitrogens is 1. The minimum absolute atomic E-state index is 0.00229. The summed E-state index contributed by atoms with van der Waals surface area (Å²) < 4.78 is 18.3. The van der Waals surface area contributed by atoms with Crippen molar-refractivity contribution in [2.24, 2.45) is 5.73 Å². The van der Waals surface area contributed by atoms with E-state index in [1.54, 1.807) is 34.1 Å². The standard InChI is InChI=1S/C22H17N3O4S/c1-12-7-18-20(22(26)25(12)10-14-3-2-6-30-14)19(15(9-23)21(24)29-18)13-4-5-16-17(8-13)28-11-27-16/h2-8,19H,10-11,24H2,1H3/t19-/m0/s1. The molecule has 0 fully saturated rings. The van der Waals surface area contributed by atoms with Gasteiger partial charge in [-0.1, -0.05) is 12.1 Å². The Kier molecular flexibility index (Phi) is 4.26. The van der Waals surface area contributed by atoms with Gasteiger partial charge in [-0.25, -0.2) is 0 Å². The molecule has 30 heavy (non-hydrogen) atoms. The molecule has 0 unspecified atom stereocenters. The normalized spacial score (nSPS) is 16.7. The highest BCUT2D eigenvalue weighted by Gasteiger charge is 2.35. The molecule has 0 saturated heterocycles. The number of pyridine rings is 1. The summed E-state index contributed by atoms with van der Waals surface area (Å²) in [5, 5.41) is 11.8. The Morgan fingerprint density at radius 2 is 2.07 bits per heavy atom. The van der Waals surface area contributed by atoms with Gasteiger partial charge in [-0.2, -0.15) is 5.26 Å². The SMILES string of the molecule is Cc1cc2c(c(=O)n1Cc1cccs1)[C@@H](c1ccc3c(c1)OCO3)C(C#N)=C(N)O2. The van der Waals surface area contributed by atoms with Crippen molar-refractivity contribution in [2.45, 2.75) is 19.4 Å². The molecule has 2 aliphatic rings. The maximum absolute atomic E-state index is 13.6. The molecule has 4 heterocycles. The zero-order valence-corrected chi connectivity index (χ0v) is 16.9. The fourth-order valence-corrected chi connectivity index (χ4v) is 4.56. The zero-order chi connectivity index (χ0) is 20.8. The molecule has 1 aromatic carbocycles. The van der Waals surface area contributed by atoms with Crippen LogP contribution < -0.4 is 25.5 Å². The third kappa shape index (κ3) is 2.83. The molecular weight excluding hydrogens is 402 g/mol. The van der Waals surface area contributed by atoms with Crippen molar-refractivity contribution in [3.8, 4) is 23.3 Å². The Balaban J connectivity index is 1.71. The summed E-state index contributed by atoms with van der Waals surface area (Å²) in [7, 11) is 0. The van der Waals surface area contributed by atoms with E-state index in [1.807, 2.05) is 30.5 Å². The highest BCUT2D eigenvalue weighted by atomic mass is 32.1. The van der Waals surface area contributed by atoms with E-state index in [1.165, 1.54) is 0 Å². The van der Waals surface area contributed by atoms with E-state index in [0.29, 0.717) is 34.9 Å². The van der Waals surface area contributed by atoms with Gasteiger partial charge in [0.1, 0.15) is 17.4 Å². The summed E-state index contributed by atoms with van der Waals surface area (Å²) in [6.07, 6.45) is 0. The van der Waals surface area contributed by atoms with Crippen molar-refractivity contribution in [2.75, 3.05) is 6.79 Å². The van der Waals surface area contributed by atoms with Gasteiger partial charge in [0, 0.05) is 16.6 Å². The van der Waals surface area contributed by atoms with Gasteiger partial charge in [0.25, 0.3) is 5.56 Å². The molecule has 0 saturated carbocycles. The first kappa shape index (κ1) is 18.3. The molecule has 0 aliphatic carbocycles. The van der Waals surface area contributed by atoms with Crippen molar-refractivity contribution in [3.63, 3.8) is 0 Å². The largest absolute Gasteiger partial charge is 0.454 e. The smallest absolute Gasteiger partial charge is 0.259 e. The molecule has 0 radical (unpaired) electrons. The summed E-state index contributed by atoms with van der Waals surface area (Å²) in [5.41, 5.74) is 7.92. The predicted octanol–water partition coefficient (Wildman–Crippen LogP) is 3.21. The first-order chi connectivity index (χ1) is 14.6. The average Bonchev–Trinajstić information content (AvgIpc) is 3.41. The Hall–Kier alpha value is -3.70. The minimum atomic E-state index is -0.657. The van der Waals surface area contributed by atoms with E-state index < -0.39 is 5.92 Å². The number of ether oxygens (including phenoxy) is 3. The van der Waals surface area contributed by atoms with Crippen LogP contribution in [-0.4, -0.2) is 11.4 Å². The van der Waals surface area contributed by atoms with Crippen LogP contribution in [0.25, 0.3) is 0 Å². The lowest BCUT2D eigenvalue weighted by molar-refractivity contribution is 0.174. The van der Waals surface area contributed by atoms with Gasteiger partial charge in [0.05, 0.1) is 18.0 Å². The van der Waals surface area contributed by atoms with Crippen LogP contribution in [0, 0.1) is 18.3 Å². The number of hydrogen-bond donors (Lipinski definition) is 1. The van der Waals surface area contributed by atoms with Gasteiger partial charge in [0.15, 0.2) is 11.5 Å². The fourth-order valence-electron chi connectivity index (χ4n) is 3.87. The molecule has 0 spiro atoms. The summed E-state index contributed by atoms with van der Waals surface area (Å²) in [4.78, 5) is 14.7. The van der Waals surface area contributed by atoms with Crippen LogP contribution in [0.1, 0.15) is 27.6 Å². The molecule has 3 aromatic rings. The van der Waals surface area contributed by atoms with E-state index in [9.17, 15) is 10.1 Å². The lowest BCUT2D eigenvalue weighted by atomic mass is 9.84. The Morgan fingerprint density at radius 1 is 1.23 bits per heavy atom. The number of benzene rings is 1. The number of fused-ring (bicyclic) bond motifs is 2. The van der Waals surface area contributed by atoms with Crippen LogP contribution >= 0.6 is 11.3 Å². The molecule has 5 rings (SSSR count). The number of thiophene rings is 1. The molecule has 0 bridgehead atoms. The fraction of sp³-hybridized carbons (Fsp3) is 0.182. The minimum Gasteiger partial charge on any atom is -0.454 e. The van der Waals surface area contributed by atoms with E-state index in [2.05, 4.69) is 6.07 Å². The second kappa shape index (κ2) is 6.97. The van der Waals surface area contributed by atoms with Gasteiger partial charge in [0.2, 0.25) is 12.7 Å². The molecule has 0 amide bonds. The summed E-state index contributed by atoms with van der Waals surface area (Å²) >= 11 is 1.59. The molecule has 2 aliphatic heterocycles. The molecule has 1 atom stereocenters. The number of nitrogens with zero attached hydrogens (tertiary/aromatic N) is 2. The predicted molar refractivity (Wildman–Crippen MR) is 111 cm³/mol. The molecule has 7 nitrogen and oxygen atoms in total. The van der Waals surface area contributed by atoms with Gasteiger partial charge >= 0.3 is 0 Å². The molecule has 2 N–H and O–H groups in total. The van der Waals surface area contributed by atoms with Crippen LogP contribution in [0.15, 0.2) is 58.0 Å². The molecule has 8 heteroatoms. The van der Waals surface area contributed by atoms with E-state index in [0.717, 1.165) is 10.6 Å². The van der Waals surface area contributed by atoms with Crippen LogP contribution in [0.5, 0.6) is 17.2 Å². The molecule has 2 aromatic heterocycles. The maximum Gasteiger partial charge on any atom is 0.259 e. The van der Waals surface area contributed by atoms with Crippen LogP contribution in [0.4, 0.5) is 0 Å². The number of rotatable bonds is 3. The summed E-state index contributed by atoms with van der Waals surface area (Å²) in [5.74, 6) is 0.917. The second-order valence-electron chi connectivity index (χ2n) is 7.07. The van der Waals surface area contributed by atoms with E-state index in [-0.39, 0.29) is 23.8 Å². The Morgan fingerprint density at radius 3 is 2.83 bits per heavy atom. The number of hydrogen-bond acceptors (Lipinski definition) is 7. The van der Waals surface area contributed by atoms with Gasteiger partial charge < -0.3 is 24.5 Å². The first-order valence-electron chi connectivity index (χ1n) is 9.30. The Labute approximate surface area is 176 Å². The monoisotopic (exact) mass is 419 g/mol. The van der Waals surface area contributed by atoms with Gasteiger partial charge in [-0.3, -0.25) is 4.79 Å². The van der Waals surface area contributed by atoms with Crippen LogP contribution in [0.2, 0.25) is 0 Å². The highest BCUT2D eigenvalue weighted by Crippen LogP contribution is 2.43. The van der Waals surface area contributed by atoms with Crippen molar-refractivity contribution in [1.29, 1.82) is 5.26 Å². The summed E-state index contributed by atoms with van der Waals surface area (Å²) in [6, 6.07) is 13.2. The van der Waals surface area contributed by atoms with Crippen molar-refractivity contribution in [1.82, 2.24) is 4.57 Å². The third-order valence-corrected chi connectivity index (χ3v) is 6.18. The van der Waals surface area contributed by atoms with Crippen molar-refractivity contribution >= 4 is 11.3 Å². The summed E-state index contributed by atoms with van der Waals surface area (Å²) in [6.45, 7) is 2.44. The van der Waals surface area contributed by atoms with Crippen molar-refractivity contribution < 1.29 is 14.2 Å². The molecular formula is C22H17N3O4S. The van der Waals surface area contributed by atoms with E-state index >= 15 is 0 Å². The average molecular weight is 419 g/mol. The lowest BCUT2D eigenvalue weighted by Crippen LogP contribution is -2.32. The zero-order valence-electron chi connectivity index (χ0n) is 16.0. The van der Waals surface area contributed by atoms with Gasteiger partial charge in [-0.15, -0.1) is 11.3 Å². The molecule has 150 valence electrons. The highest BCUT2D eigenvalue weighted by molar-refractivity contribution is 7.09. The lowest BCUT2D eigenvalue weighted by Gasteiger charge is -2.27. The van der Waals surface area contributed by atoms with Crippen LogP contribution in [-0.2, 0) is 6.54 Å². The number of nitrogens with two attached hydrogens (primary N) is 1. The van der Waals surface area contributed by atoms with E-state index in [4.69, 9.17) is 19.9 Å². The first-order valence-corrected chi connectivity index (χ1v) is 10.2. The van der Waals surface area contributed by atoms with Gasteiger partial charge in [-0.05, 0) is 36.1 Å². The quantitative estimate of drug-likeness (QED) is 0.700. The second-order valence-corrected chi connectivity index (χ2v) is 8.10. The Bertz CT molecular complexity index is 1280. The van der Waals surface area contributed by atoms with Crippen molar-refractivity contribution in [3.05, 3.63) is 85.3 Å². The number of allylic oxidation sites excluding steroid dienone is 1. The number of aryl methyl sites for hydroxylation is 1.